The molecular weight excluding hydrogens is 339 g/mol. The van der Waals surface area contributed by atoms with Crippen LogP contribution in [0.15, 0.2) is 12.1 Å². The number of amides is 1. The summed E-state index contributed by atoms with van der Waals surface area (Å²) in [6, 6.07) is 3.71. The molecule has 25 heavy (non-hydrogen) atoms. The number of halogens is 3. The Morgan fingerprint density at radius 1 is 1.28 bits per heavy atom. The van der Waals surface area contributed by atoms with Gasteiger partial charge in [-0.1, -0.05) is 6.07 Å². The Morgan fingerprint density at radius 2 is 1.92 bits per heavy atom. The third-order valence-corrected chi connectivity index (χ3v) is 5.16. The largest absolute Gasteiger partial charge is 0.481 e. The average Bonchev–Trinajstić information content (AvgIpc) is 3.11. The highest BCUT2D eigenvalue weighted by Gasteiger charge is 2.64. The highest BCUT2D eigenvalue weighted by Crippen LogP contribution is 2.46. The lowest BCUT2D eigenvalue weighted by molar-refractivity contribution is -0.227. The van der Waals surface area contributed by atoms with Gasteiger partial charge < -0.3 is 14.7 Å². The first kappa shape index (κ1) is 17.6. The van der Waals surface area contributed by atoms with Crippen LogP contribution in [-0.4, -0.2) is 47.3 Å². The van der Waals surface area contributed by atoms with Gasteiger partial charge in [-0.25, -0.2) is 0 Å². The highest BCUT2D eigenvalue weighted by atomic mass is 19.4. The molecule has 0 radical (unpaired) electrons. The number of alkyl halides is 3. The van der Waals surface area contributed by atoms with Gasteiger partial charge in [0.1, 0.15) is 5.75 Å². The Balaban J connectivity index is 1.77. The molecular formula is C17H18F3NO4. The van der Waals surface area contributed by atoms with Crippen LogP contribution in [0.5, 0.6) is 5.75 Å². The number of hydrogen-bond donors (Lipinski definition) is 1. The van der Waals surface area contributed by atoms with E-state index in [2.05, 4.69) is 0 Å². The third kappa shape index (κ3) is 2.73. The fourth-order valence-corrected chi connectivity index (χ4v) is 3.38. The second kappa shape index (κ2) is 5.64. The molecule has 0 aliphatic carbocycles. The number of carboxylic acid groups (broad SMARTS) is 1. The van der Waals surface area contributed by atoms with Crippen molar-refractivity contribution in [3.05, 3.63) is 28.8 Å². The number of fused-ring (bicyclic) bond motifs is 1. The van der Waals surface area contributed by atoms with Crippen LogP contribution in [0.4, 0.5) is 13.2 Å². The van der Waals surface area contributed by atoms with Gasteiger partial charge in [-0.2, -0.15) is 13.2 Å². The third-order valence-electron chi connectivity index (χ3n) is 5.16. The van der Waals surface area contributed by atoms with Crippen molar-refractivity contribution in [2.45, 2.75) is 39.0 Å². The molecule has 1 aromatic rings. The smallest absolute Gasteiger partial charge is 0.406 e. The molecule has 1 saturated heterocycles. The molecule has 1 fully saturated rings. The van der Waals surface area contributed by atoms with Gasteiger partial charge in [-0.05, 0) is 43.0 Å². The number of carbonyl (C=O) groups is 2. The highest BCUT2D eigenvalue weighted by molar-refractivity contribution is 5.85. The summed E-state index contributed by atoms with van der Waals surface area (Å²) in [6.07, 6.45) is -6.19. The van der Waals surface area contributed by atoms with E-state index in [1.807, 2.05) is 19.9 Å². The standard InChI is InChI=1S/C17H18F3NO4/c1-9-5-11-7-13(25-12(11)6-10(9)2)14(22)21-4-3-16(8-21,15(23)24)17(18,19)20/h5-6,13H,3-4,7-8H2,1-2H3,(H,23,24). The first-order chi connectivity index (χ1) is 11.5. The van der Waals surface area contributed by atoms with Crippen LogP contribution < -0.4 is 4.74 Å². The SMILES string of the molecule is Cc1cc2c(cc1C)OC(C(=O)N1CCC(C(=O)O)(C(F)(F)F)C1)C2. The molecule has 0 spiro atoms. The van der Waals surface area contributed by atoms with Crippen LogP contribution in [0.1, 0.15) is 23.1 Å². The molecule has 1 amide bonds. The molecule has 5 nitrogen and oxygen atoms in total. The minimum Gasteiger partial charge on any atom is -0.481 e. The summed E-state index contributed by atoms with van der Waals surface area (Å²) in [5, 5.41) is 9.08. The van der Waals surface area contributed by atoms with E-state index in [-0.39, 0.29) is 13.0 Å². The minimum atomic E-state index is -4.92. The van der Waals surface area contributed by atoms with Crippen LogP contribution >= 0.6 is 0 Å². The summed E-state index contributed by atoms with van der Waals surface area (Å²) < 4.78 is 45.3. The number of carboxylic acids is 1. The van der Waals surface area contributed by atoms with Crippen LogP contribution in [0.3, 0.4) is 0 Å². The molecule has 1 aromatic carbocycles. The average molecular weight is 357 g/mol. The molecule has 1 N–H and O–H groups in total. The van der Waals surface area contributed by atoms with E-state index < -0.39 is 42.5 Å². The fourth-order valence-electron chi connectivity index (χ4n) is 3.38. The lowest BCUT2D eigenvalue weighted by Crippen LogP contribution is -2.49. The number of benzene rings is 1. The Morgan fingerprint density at radius 3 is 2.48 bits per heavy atom. The van der Waals surface area contributed by atoms with E-state index >= 15 is 0 Å². The van der Waals surface area contributed by atoms with Crippen molar-refractivity contribution in [2.75, 3.05) is 13.1 Å². The monoisotopic (exact) mass is 357 g/mol. The van der Waals surface area contributed by atoms with Gasteiger partial charge in [0, 0.05) is 19.5 Å². The maximum Gasteiger partial charge on any atom is 0.406 e. The topological polar surface area (TPSA) is 66.8 Å². The lowest BCUT2D eigenvalue weighted by atomic mass is 9.86. The zero-order valence-electron chi connectivity index (χ0n) is 13.8. The summed E-state index contributed by atoms with van der Waals surface area (Å²) >= 11 is 0. The number of likely N-dealkylation sites (tertiary alicyclic amines) is 1. The van der Waals surface area contributed by atoms with Gasteiger partial charge in [0.25, 0.3) is 5.91 Å². The Bertz CT molecular complexity index is 715. The van der Waals surface area contributed by atoms with Crippen LogP contribution in [0.25, 0.3) is 0 Å². The number of nitrogens with zero attached hydrogens (tertiary/aromatic N) is 1. The number of aryl methyl sites for hydroxylation is 2. The zero-order chi connectivity index (χ0) is 18.6. The van der Waals surface area contributed by atoms with Crippen LogP contribution in [0, 0.1) is 19.3 Å². The van der Waals surface area contributed by atoms with Gasteiger partial charge >= 0.3 is 12.1 Å². The normalized spacial score (nSPS) is 25.6. The lowest BCUT2D eigenvalue weighted by Gasteiger charge is -2.27. The van der Waals surface area contributed by atoms with Crippen molar-refractivity contribution in [3.63, 3.8) is 0 Å². The molecule has 8 heteroatoms. The van der Waals surface area contributed by atoms with Crippen molar-refractivity contribution >= 4 is 11.9 Å². The Labute approximate surface area is 142 Å². The molecule has 0 bridgehead atoms. The van der Waals surface area contributed by atoms with Crippen molar-refractivity contribution in [2.24, 2.45) is 5.41 Å². The van der Waals surface area contributed by atoms with Crippen LogP contribution in [0.2, 0.25) is 0 Å². The van der Waals surface area contributed by atoms with Crippen molar-refractivity contribution < 1.29 is 32.6 Å². The van der Waals surface area contributed by atoms with Gasteiger partial charge in [0.15, 0.2) is 11.5 Å². The van der Waals surface area contributed by atoms with E-state index in [0.717, 1.165) is 21.6 Å². The van der Waals surface area contributed by atoms with Crippen molar-refractivity contribution in [1.82, 2.24) is 4.90 Å². The second-order valence-corrected chi connectivity index (χ2v) is 6.75. The number of rotatable bonds is 2. The van der Waals surface area contributed by atoms with Gasteiger partial charge in [0.2, 0.25) is 0 Å². The number of ether oxygens (including phenoxy) is 1. The zero-order valence-corrected chi connectivity index (χ0v) is 13.8. The fraction of sp³-hybridized carbons (Fsp3) is 0.529. The molecule has 2 heterocycles. The Kier molecular flexibility index (Phi) is 3.96. The van der Waals surface area contributed by atoms with E-state index in [1.54, 1.807) is 6.07 Å². The first-order valence-electron chi connectivity index (χ1n) is 7.91. The molecule has 2 atom stereocenters. The van der Waals surface area contributed by atoms with E-state index in [1.165, 1.54) is 0 Å². The van der Waals surface area contributed by atoms with Crippen LogP contribution in [-0.2, 0) is 16.0 Å². The number of aliphatic carboxylic acids is 1. The predicted molar refractivity (Wildman–Crippen MR) is 81.4 cm³/mol. The van der Waals surface area contributed by atoms with E-state index in [4.69, 9.17) is 9.84 Å². The summed E-state index contributed by atoms with van der Waals surface area (Å²) in [4.78, 5) is 24.7. The maximum absolute atomic E-state index is 13.2. The molecule has 2 unspecified atom stereocenters. The predicted octanol–water partition coefficient (Wildman–Crippen LogP) is 2.47. The van der Waals surface area contributed by atoms with Gasteiger partial charge in [-0.15, -0.1) is 0 Å². The molecule has 2 aliphatic heterocycles. The summed E-state index contributed by atoms with van der Waals surface area (Å²) in [7, 11) is 0. The molecule has 136 valence electrons. The summed E-state index contributed by atoms with van der Waals surface area (Å²) in [6.45, 7) is 2.70. The summed E-state index contributed by atoms with van der Waals surface area (Å²) in [5.41, 5.74) is -0.0316. The number of carbonyl (C=O) groups excluding carboxylic acids is 1. The van der Waals surface area contributed by atoms with Gasteiger partial charge in [0.05, 0.1) is 0 Å². The summed E-state index contributed by atoms with van der Waals surface area (Å²) in [5.74, 6) is -1.99. The van der Waals surface area contributed by atoms with Gasteiger partial charge in [-0.3, -0.25) is 9.59 Å². The molecule has 3 rings (SSSR count). The van der Waals surface area contributed by atoms with Crippen molar-refractivity contribution in [3.8, 4) is 5.75 Å². The van der Waals surface area contributed by atoms with E-state index in [9.17, 15) is 22.8 Å². The first-order valence-corrected chi connectivity index (χ1v) is 7.91. The van der Waals surface area contributed by atoms with Crippen molar-refractivity contribution in [1.29, 1.82) is 0 Å². The number of hydrogen-bond acceptors (Lipinski definition) is 3. The molecule has 0 saturated carbocycles. The molecule has 2 aliphatic rings. The maximum atomic E-state index is 13.2. The Hall–Kier alpha value is -2.25. The minimum absolute atomic E-state index is 0.251. The second-order valence-electron chi connectivity index (χ2n) is 6.75. The van der Waals surface area contributed by atoms with E-state index in [0.29, 0.717) is 5.75 Å². The quantitative estimate of drug-likeness (QED) is 0.883. The molecule has 0 aromatic heterocycles.